The standard InChI is InChI=1S/C11H20ClNO2/c1-2-15-8-11(14)13-7-10-5-3-4-9(10)6-12/h9-10H,2-8H2,1H3,(H,13,14). The molecule has 1 N–H and O–H groups in total. The molecule has 0 bridgehead atoms. The molecule has 2 atom stereocenters. The van der Waals surface area contributed by atoms with Gasteiger partial charge in [0.1, 0.15) is 6.61 Å². The van der Waals surface area contributed by atoms with Crippen LogP contribution >= 0.6 is 11.6 Å². The molecule has 3 nitrogen and oxygen atoms in total. The van der Waals surface area contributed by atoms with Gasteiger partial charge in [-0.05, 0) is 31.6 Å². The molecule has 0 heterocycles. The van der Waals surface area contributed by atoms with Gasteiger partial charge >= 0.3 is 0 Å². The molecule has 1 rings (SSSR count). The number of hydrogen-bond donors (Lipinski definition) is 1. The smallest absolute Gasteiger partial charge is 0.246 e. The Balaban J connectivity index is 2.15. The Bertz CT molecular complexity index is 199. The average molecular weight is 234 g/mol. The highest BCUT2D eigenvalue weighted by molar-refractivity contribution is 6.18. The number of nitrogens with one attached hydrogen (secondary N) is 1. The third kappa shape index (κ3) is 4.39. The molecular weight excluding hydrogens is 214 g/mol. The van der Waals surface area contributed by atoms with Crippen molar-refractivity contribution >= 4 is 17.5 Å². The maximum Gasteiger partial charge on any atom is 0.246 e. The minimum Gasteiger partial charge on any atom is -0.372 e. The van der Waals surface area contributed by atoms with Crippen molar-refractivity contribution in [2.75, 3.05) is 25.6 Å². The van der Waals surface area contributed by atoms with Crippen LogP contribution in [0.3, 0.4) is 0 Å². The van der Waals surface area contributed by atoms with Gasteiger partial charge in [-0.3, -0.25) is 4.79 Å². The molecule has 0 aromatic rings. The van der Waals surface area contributed by atoms with E-state index in [2.05, 4.69) is 5.32 Å². The summed E-state index contributed by atoms with van der Waals surface area (Å²) >= 11 is 5.86. The maximum atomic E-state index is 11.3. The van der Waals surface area contributed by atoms with Crippen molar-refractivity contribution < 1.29 is 9.53 Å². The van der Waals surface area contributed by atoms with E-state index in [1.807, 2.05) is 6.92 Å². The van der Waals surface area contributed by atoms with Crippen LogP contribution in [-0.4, -0.2) is 31.5 Å². The summed E-state index contributed by atoms with van der Waals surface area (Å²) in [5.74, 6) is 1.84. The van der Waals surface area contributed by atoms with Crippen LogP contribution in [0.2, 0.25) is 0 Å². The van der Waals surface area contributed by atoms with E-state index >= 15 is 0 Å². The molecular formula is C11H20ClNO2. The van der Waals surface area contributed by atoms with Gasteiger partial charge < -0.3 is 10.1 Å². The monoisotopic (exact) mass is 233 g/mol. The van der Waals surface area contributed by atoms with Gasteiger partial charge in [0.25, 0.3) is 0 Å². The highest BCUT2D eigenvalue weighted by atomic mass is 35.5. The number of halogens is 1. The first-order valence-corrected chi connectivity index (χ1v) is 6.21. The number of ether oxygens (including phenoxy) is 1. The number of alkyl halides is 1. The van der Waals surface area contributed by atoms with Crippen molar-refractivity contribution in [3.8, 4) is 0 Å². The van der Waals surface area contributed by atoms with E-state index in [-0.39, 0.29) is 12.5 Å². The van der Waals surface area contributed by atoms with Crippen molar-refractivity contribution in [3.63, 3.8) is 0 Å². The Kier molecular flexibility index (Phi) is 6.03. The fourth-order valence-corrected chi connectivity index (χ4v) is 2.48. The zero-order valence-electron chi connectivity index (χ0n) is 9.30. The molecule has 0 spiro atoms. The van der Waals surface area contributed by atoms with Gasteiger partial charge in [-0.2, -0.15) is 0 Å². The van der Waals surface area contributed by atoms with Crippen LogP contribution in [0, 0.1) is 11.8 Å². The summed E-state index contributed by atoms with van der Waals surface area (Å²) in [6.45, 7) is 3.40. The third-order valence-corrected chi connectivity index (χ3v) is 3.41. The van der Waals surface area contributed by atoms with Crippen LogP contribution in [0.1, 0.15) is 26.2 Å². The number of carbonyl (C=O) groups is 1. The molecule has 0 radical (unpaired) electrons. The van der Waals surface area contributed by atoms with Gasteiger partial charge in [0.15, 0.2) is 0 Å². The van der Waals surface area contributed by atoms with Crippen LogP contribution in [0.15, 0.2) is 0 Å². The second kappa shape index (κ2) is 7.07. The molecule has 1 saturated carbocycles. The molecule has 1 amide bonds. The third-order valence-electron chi connectivity index (χ3n) is 3.01. The van der Waals surface area contributed by atoms with Gasteiger partial charge in [-0.25, -0.2) is 0 Å². The zero-order valence-corrected chi connectivity index (χ0v) is 10.1. The average Bonchev–Trinajstić information content (AvgIpc) is 2.70. The largest absolute Gasteiger partial charge is 0.372 e. The van der Waals surface area contributed by atoms with Crippen LogP contribution in [0.5, 0.6) is 0 Å². The lowest BCUT2D eigenvalue weighted by molar-refractivity contribution is -0.125. The topological polar surface area (TPSA) is 38.3 Å². The fraction of sp³-hybridized carbons (Fsp3) is 0.909. The Hall–Kier alpha value is -0.280. The molecule has 4 heteroatoms. The predicted molar refractivity (Wildman–Crippen MR) is 61.1 cm³/mol. The molecule has 0 aromatic heterocycles. The van der Waals surface area contributed by atoms with E-state index in [1.165, 1.54) is 19.3 Å². The summed E-state index contributed by atoms with van der Waals surface area (Å²) in [4.78, 5) is 11.3. The molecule has 2 unspecified atom stereocenters. The second-order valence-electron chi connectivity index (χ2n) is 4.05. The lowest BCUT2D eigenvalue weighted by Crippen LogP contribution is -2.33. The first-order valence-electron chi connectivity index (χ1n) is 5.68. The highest BCUT2D eigenvalue weighted by Gasteiger charge is 2.26. The van der Waals surface area contributed by atoms with Crippen molar-refractivity contribution in [2.24, 2.45) is 11.8 Å². The van der Waals surface area contributed by atoms with Gasteiger partial charge in [0, 0.05) is 19.0 Å². The summed E-state index contributed by atoms with van der Waals surface area (Å²) in [5, 5.41) is 2.90. The van der Waals surface area contributed by atoms with Crippen molar-refractivity contribution in [1.82, 2.24) is 5.32 Å². The van der Waals surface area contributed by atoms with Crippen LogP contribution < -0.4 is 5.32 Å². The van der Waals surface area contributed by atoms with Crippen molar-refractivity contribution in [2.45, 2.75) is 26.2 Å². The molecule has 0 aliphatic heterocycles. The summed E-state index contributed by atoms with van der Waals surface area (Å²) in [7, 11) is 0. The lowest BCUT2D eigenvalue weighted by Gasteiger charge is -2.17. The lowest BCUT2D eigenvalue weighted by atomic mass is 9.98. The normalized spacial score (nSPS) is 25.5. The molecule has 1 fully saturated rings. The van der Waals surface area contributed by atoms with E-state index in [4.69, 9.17) is 16.3 Å². The number of hydrogen-bond acceptors (Lipinski definition) is 2. The minimum absolute atomic E-state index is 0.0166. The van der Waals surface area contributed by atoms with Crippen LogP contribution in [0.25, 0.3) is 0 Å². The van der Waals surface area contributed by atoms with E-state index in [9.17, 15) is 4.79 Å². The van der Waals surface area contributed by atoms with E-state index in [1.54, 1.807) is 0 Å². The Morgan fingerprint density at radius 2 is 2.20 bits per heavy atom. The highest BCUT2D eigenvalue weighted by Crippen LogP contribution is 2.31. The Labute approximate surface area is 96.5 Å². The minimum atomic E-state index is -0.0166. The predicted octanol–water partition coefficient (Wildman–Crippen LogP) is 1.79. The summed E-state index contributed by atoms with van der Waals surface area (Å²) in [6, 6.07) is 0. The van der Waals surface area contributed by atoms with Crippen molar-refractivity contribution in [1.29, 1.82) is 0 Å². The summed E-state index contributed by atoms with van der Waals surface area (Å²) in [5.41, 5.74) is 0. The van der Waals surface area contributed by atoms with E-state index < -0.39 is 0 Å². The Morgan fingerprint density at radius 1 is 1.47 bits per heavy atom. The quantitative estimate of drug-likeness (QED) is 0.711. The summed E-state index contributed by atoms with van der Waals surface area (Å²) < 4.78 is 5.03. The molecule has 88 valence electrons. The second-order valence-corrected chi connectivity index (χ2v) is 4.36. The van der Waals surface area contributed by atoms with E-state index in [0.717, 1.165) is 6.54 Å². The van der Waals surface area contributed by atoms with Gasteiger partial charge in [-0.15, -0.1) is 11.6 Å². The Morgan fingerprint density at radius 3 is 2.87 bits per heavy atom. The van der Waals surface area contributed by atoms with Gasteiger partial charge in [-0.1, -0.05) is 6.42 Å². The number of amides is 1. The number of carbonyl (C=O) groups excluding carboxylic acids is 1. The first kappa shape index (κ1) is 12.8. The van der Waals surface area contributed by atoms with E-state index in [0.29, 0.717) is 24.3 Å². The molecule has 0 saturated heterocycles. The van der Waals surface area contributed by atoms with Gasteiger partial charge in [0.05, 0.1) is 0 Å². The SMILES string of the molecule is CCOCC(=O)NCC1CCCC1CCl. The van der Waals surface area contributed by atoms with Crippen LogP contribution in [0.4, 0.5) is 0 Å². The molecule has 1 aliphatic carbocycles. The molecule has 0 aromatic carbocycles. The first-order chi connectivity index (χ1) is 7.27. The van der Waals surface area contributed by atoms with Crippen molar-refractivity contribution in [3.05, 3.63) is 0 Å². The maximum absolute atomic E-state index is 11.3. The van der Waals surface area contributed by atoms with Gasteiger partial charge in [0.2, 0.25) is 5.91 Å². The number of rotatable bonds is 6. The molecule has 15 heavy (non-hydrogen) atoms. The fourth-order valence-electron chi connectivity index (χ4n) is 2.08. The summed E-state index contributed by atoms with van der Waals surface area (Å²) in [6.07, 6.45) is 3.63. The van der Waals surface area contributed by atoms with Crippen LogP contribution in [-0.2, 0) is 9.53 Å². The zero-order chi connectivity index (χ0) is 11.1. The molecule has 1 aliphatic rings.